The number of imidazole rings is 2. The molecular weight excluding hydrogens is 240 g/mol. The largest absolute Gasteiger partial charge is 0.346 e. The summed E-state index contributed by atoms with van der Waals surface area (Å²) in [6, 6.07) is 3.59. The summed E-state index contributed by atoms with van der Waals surface area (Å²) in [5.41, 5.74) is 3.86. The molecule has 0 bridgehead atoms. The van der Waals surface area contributed by atoms with Crippen LogP contribution in [-0.4, -0.2) is 25.6 Å². The molecule has 0 atom stereocenters. The van der Waals surface area contributed by atoms with Crippen LogP contribution in [0, 0.1) is 6.92 Å². The number of nitrogens with zero attached hydrogens (tertiary/aromatic N) is 3. The maximum atomic E-state index is 11.0. The van der Waals surface area contributed by atoms with E-state index >= 15 is 0 Å². The number of hydrogen-bond acceptors (Lipinski definition) is 3. The van der Waals surface area contributed by atoms with E-state index in [4.69, 9.17) is 0 Å². The number of aromatic nitrogens is 4. The monoisotopic (exact) mass is 254 g/mol. The number of carbonyl (C=O) groups is 1. The van der Waals surface area contributed by atoms with E-state index in [9.17, 15) is 4.79 Å². The fourth-order valence-corrected chi connectivity index (χ4v) is 2.18. The van der Waals surface area contributed by atoms with Crippen LogP contribution in [0.25, 0.3) is 17.0 Å². The average Bonchev–Trinajstić information content (AvgIpc) is 3.00. The molecule has 19 heavy (non-hydrogen) atoms. The summed E-state index contributed by atoms with van der Waals surface area (Å²) < 4.78 is 1.85. The van der Waals surface area contributed by atoms with Gasteiger partial charge in [0, 0.05) is 24.5 Å². The molecule has 3 aromatic heterocycles. The molecule has 1 N–H and O–H groups in total. The average molecular weight is 254 g/mol. The number of rotatable bonds is 3. The number of nitrogens with one attached hydrogen (secondary N) is 1. The number of pyridine rings is 1. The Morgan fingerprint density at radius 1 is 1.42 bits per heavy atom. The van der Waals surface area contributed by atoms with Crippen LogP contribution < -0.4 is 0 Å². The van der Waals surface area contributed by atoms with E-state index in [-0.39, 0.29) is 0 Å². The van der Waals surface area contributed by atoms with Gasteiger partial charge in [-0.2, -0.15) is 0 Å². The number of aromatic amines is 1. The molecule has 0 fully saturated rings. The molecule has 3 heterocycles. The van der Waals surface area contributed by atoms with Crippen LogP contribution in [0.15, 0.2) is 24.5 Å². The van der Waals surface area contributed by atoms with Crippen LogP contribution in [0.1, 0.15) is 28.8 Å². The Kier molecular flexibility index (Phi) is 2.67. The van der Waals surface area contributed by atoms with E-state index < -0.39 is 0 Å². The van der Waals surface area contributed by atoms with Gasteiger partial charge in [0.1, 0.15) is 22.9 Å². The molecule has 0 spiro atoms. The highest BCUT2D eigenvalue weighted by atomic mass is 16.1. The number of H-pyrrole nitrogens is 1. The van der Waals surface area contributed by atoms with Gasteiger partial charge in [0.2, 0.25) is 0 Å². The zero-order chi connectivity index (χ0) is 13.4. The normalized spacial score (nSPS) is 11.1. The lowest BCUT2D eigenvalue weighted by atomic mass is 10.3. The van der Waals surface area contributed by atoms with Gasteiger partial charge in [-0.1, -0.05) is 6.92 Å². The van der Waals surface area contributed by atoms with Gasteiger partial charge in [0.15, 0.2) is 6.29 Å². The first-order valence-electron chi connectivity index (χ1n) is 6.21. The van der Waals surface area contributed by atoms with Gasteiger partial charge in [-0.15, -0.1) is 0 Å². The van der Waals surface area contributed by atoms with Crippen molar-refractivity contribution in [3.63, 3.8) is 0 Å². The Hall–Kier alpha value is -2.43. The first-order valence-corrected chi connectivity index (χ1v) is 6.21. The van der Waals surface area contributed by atoms with E-state index in [1.807, 2.05) is 29.8 Å². The molecular formula is C14H14N4O. The van der Waals surface area contributed by atoms with E-state index in [1.54, 1.807) is 6.07 Å². The van der Waals surface area contributed by atoms with Crippen molar-refractivity contribution >= 4 is 11.9 Å². The van der Waals surface area contributed by atoms with Crippen molar-refractivity contribution in [1.82, 2.24) is 19.4 Å². The van der Waals surface area contributed by atoms with E-state index in [1.165, 1.54) is 0 Å². The van der Waals surface area contributed by atoms with Crippen molar-refractivity contribution in [2.45, 2.75) is 20.3 Å². The lowest BCUT2D eigenvalue weighted by molar-refractivity contribution is 0.112. The van der Waals surface area contributed by atoms with Crippen LogP contribution in [-0.2, 0) is 6.42 Å². The zero-order valence-electron chi connectivity index (χ0n) is 10.8. The highest BCUT2D eigenvalue weighted by molar-refractivity contribution is 5.84. The summed E-state index contributed by atoms with van der Waals surface area (Å²) in [6.07, 6.45) is 5.45. The summed E-state index contributed by atoms with van der Waals surface area (Å²) >= 11 is 0. The Balaban J connectivity index is 2.20. The quantitative estimate of drug-likeness (QED) is 0.730. The fourth-order valence-electron chi connectivity index (χ4n) is 2.18. The van der Waals surface area contributed by atoms with Crippen molar-refractivity contribution in [2.24, 2.45) is 0 Å². The SMILES string of the molecule is CCc1nc(-c2cn3cccc(C=O)c3n2)c(C)[nH]1. The van der Waals surface area contributed by atoms with Gasteiger partial charge >= 0.3 is 0 Å². The molecule has 3 rings (SSSR count). The Labute approximate surface area is 110 Å². The van der Waals surface area contributed by atoms with Gasteiger partial charge < -0.3 is 9.38 Å². The van der Waals surface area contributed by atoms with Gasteiger partial charge in [-0.25, -0.2) is 9.97 Å². The third-order valence-corrected chi connectivity index (χ3v) is 3.15. The molecule has 0 aliphatic carbocycles. The number of aldehydes is 1. The predicted octanol–water partition coefficient (Wildman–Crippen LogP) is 2.41. The number of aryl methyl sites for hydroxylation is 2. The Morgan fingerprint density at radius 3 is 2.95 bits per heavy atom. The van der Waals surface area contributed by atoms with Crippen molar-refractivity contribution in [3.05, 3.63) is 41.6 Å². The molecule has 0 saturated carbocycles. The summed E-state index contributed by atoms with van der Waals surface area (Å²) in [7, 11) is 0. The second-order valence-electron chi connectivity index (χ2n) is 4.45. The van der Waals surface area contributed by atoms with Gasteiger partial charge in [0.05, 0.1) is 5.56 Å². The minimum absolute atomic E-state index is 0.581. The zero-order valence-corrected chi connectivity index (χ0v) is 10.8. The first kappa shape index (κ1) is 11.6. The number of fused-ring (bicyclic) bond motifs is 1. The standard InChI is InChI=1S/C14H14N4O/c1-3-12-15-9(2)13(17-12)11-7-18-6-4-5-10(8-19)14(18)16-11/h4-8H,3H2,1-2H3,(H,15,17). The summed E-state index contributed by atoms with van der Waals surface area (Å²) in [5, 5.41) is 0. The van der Waals surface area contributed by atoms with Gasteiger partial charge in [-0.3, -0.25) is 4.79 Å². The second kappa shape index (κ2) is 4.35. The van der Waals surface area contributed by atoms with Crippen LogP contribution >= 0.6 is 0 Å². The molecule has 0 aromatic carbocycles. The smallest absolute Gasteiger partial charge is 0.153 e. The predicted molar refractivity (Wildman–Crippen MR) is 72.3 cm³/mol. The molecule has 0 unspecified atom stereocenters. The first-order chi connectivity index (χ1) is 9.22. The van der Waals surface area contributed by atoms with Crippen molar-refractivity contribution < 1.29 is 4.79 Å². The molecule has 0 radical (unpaired) electrons. The molecule has 0 saturated heterocycles. The maximum Gasteiger partial charge on any atom is 0.153 e. The lowest BCUT2D eigenvalue weighted by Crippen LogP contribution is -1.88. The third kappa shape index (κ3) is 1.83. The number of hydrogen-bond donors (Lipinski definition) is 1. The number of carbonyl (C=O) groups excluding carboxylic acids is 1. The van der Waals surface area contributed by atoms with Crippen LogP contribution in [0.2, 0.25) is 0 Å². The van der Waals surface area contributed by atoms with Crippen molar-refractivity contribution in [2.75, 3.05) is 0 Å². The molecule has 0 aliphatic rings. The van der Waals surface area contributed by atoms with E-state index in [2.05, 4.69) is 21.9 Å². The van der Waals surface area contributed by atoms with Gasteiger partial charge in [0.25, 0.3) is 0 Å². The lowest BCUT2D eigenvalue weighted by Gasteiger charge is -1.93. The minimum Gasteiger partial charge on any atom is -0.346 e. The maximum absolute atomic E-state index is 11.0. The Morgan fingerprint density at radius 2 is 2.26 bits per heavy atom. The van der Waals surface area contributed by atoms with Crippen LogP contribution in [0.3, 0.4) is 0 Å². The second-order valence-corrected chi connectivity index (χ2v) is 4.45. The third-order valence-electron chi connectivity index (χ3n) is 3.15. The summed E-state index contributed by atoms with van der Waals surface area (Å²) in [4.78, 5) is 23.3. The van der Waals surface area contributed by atoms with Crippen LogP contribution in [0.4, 0.5) is 0 Å². The van der Waals surface area contributed by atoms with E-state index in [0.717, 1.165) is 35.6 Å². The van der Waals surface area contributed by atoms with Crippen LogP contribution in [0.5, 0.6) is 0 Å². The topological polar surface area (TPSA) is 63.1 Å². The van der Waals surface area contributed by atoms with Crippen molar-refractivity contribution in [3.8, 4) is 11.4 Å². The van der Waals surface area contributed by atoms with Gasteiger partial charge in [-0.05, 0) is 19.1 Å². The van der Waals surface area contributed by atoms with E-state index in [0.29, 0.717) is 11.2 Å². The molecule has 0 amide bonds. The Bertz CT molecular complexity index is 754. The molecule has 5 heteroatoms. The fraction of sp³-hybridized carbons (Fsp3) is 0.214. The molecule has 96 valence electrons. The molecule has 0 aliphatic heterocycles. The summed E-state index contributed by atoms with van der Waals surface area (Å²) in [6.45, 7) is 4.03. The minimum atomic E-state index is 0.581. The van der Waals surface area contributed by atoms with Crippen molar-refractivity contribution in [1.29, 1.82) is 0 Å². The molecule has 3 aromatic rings. The molecule has 5 nitrogen and oxygen atoms in total. The highest BCUT2D eigenvalue weighted by Crippen LogP contribution is 2.22. The highest BCUT2D eigenvalue weighted by Gasteiger charge is 2.13. The summed E-state index contributed by atoms with van der Waals surface area (Å²) in [5.74, 6) is 0.945.